The van der Waals surface area contributed by atoms with Crippen LogP contribution in [0.4, 0.5) is 5.69 Å². The standard InChI is InChI=1S/C25H26N2O6S2/c1-18(20-12-14-21(15-13-20)34(2,29)30)26-25(28)24-16-27(22-10-6-7-11-23(22)33-24)35(31,32)17-19-8-4-3-5-9-19/h3-15,18,24H,16-17H2,1-2H3,(H,26,28)/t18-,24-/m1/s1. The van der Waals surface area contributed by atoms with Crippen LogP contribution in [0.2, 0.25) is 0 Å². The Morgan fingerprint density at radius 3 is 2.26 bits per heavy atom. The number of sulfone groups is 1. The molecule has 4 rings (SSSR count). The fourth-order valence-corrected chi connectivity index (χ4v) is 6.07. The number of sulfonamides is 1. The van der Waals surface area contributed by atoms with Gasteiger partial charge in [0, 0.05) is 6.26 Å². The van der Waals surface area contributed by atoms with E-state index in [0.29, 0.717) is 22.6 Å². The van der Waals surface area contributed by atoms with Crippen LogP contribution in [0.3, 0.4) is 0 Å². The highest BCUT2D eigenvalue weighted by Crippen LogP contribution is 2.36. The van der Waals surface area contributed by atoms with Gasteiger partial charge in [0.1, 0.15) is 5.75 Å². The minimum Gasteiger partial charge on any atom is -0.476 e. The molecule has 1 aliphatic heterocycles. The Morgan fingerprint density at radius 2 is 1.60 bits per heavy atom. The van der Waals surface area contributed by atoms with E-state index in [4.69, 9.17) is 4.74 Å². The summed E-state index contributed by atoms with van der Waals surface area (Å²) in [6.07, 6.45) is 0.0662. The number of nitrogens with one attached hydrogen (secondary N) is 1. The van der Waals surface area contributed by atoms with Crippen molar-refractivity contribution in [3.63, 3.8) is 0 Å². The lowest BCUT2D eigenvalue weighted by Crippen LogP contribution is -2.51. The summed E-state index contributed by atoms with van der Waals surface area (Å²) in [5, 5.41) is 2.84. The number of hydrogen-bond acceptors (Lipinski definition) is 6. The highest BCUT2D eigenvalue weighted by atomic mass is 32.2. The second-order valence-electron chi connectivity index (χ2n) is 8.42. The highest BCUT2D eigenvalue weighted by Gasteiger charge is 2.37. The van der Waals surface area contributed by atoms with Gasteiger partial charge in [-0.3, -0.25) is 9.10 Å². The average molecular weight is 515 g/mol. The quantitative estimate of drug-likeness (QED) is 0.519. The first-order valence-electron chi connectivity index (χ1n) is 10.9. The zero-order chi connectivity index (χ0) is 25.2. The molecule has 1 N–H and O–H groups in total. The molecule has 0 unspecified atom stereocenters. The number of carbonyl (C=O) groups excluding carboxylic acids is 1. The maximum Gasteiger partial charge on any atom is 0.263 e. The van der Waals surface area contributed by atoms with Crippen LogP contribution < -0.4 is 14.4 Å². The Labute approximate surface area is 205 Å². The Hall–Kier alpha value is -3.37. The lowest BCUT2D eigenvalue weighted by atomic mass is 10.1. The first kappa shape index (κ1) is 24.7. The summed E-state index contributed by atoms with van der Waals surface area (Å²) in [5.74, 6) is -0.376. The van der Waals surface area contributed by atoms with E-state index in [0.717, 1.165) is 6.26 Å². The smallest absolute Gasteiger partial charge is 0.263 e. The van der Waals surface area contributed by atoms with Crippen molar-refractivity contribution in [2.24, 2.45) is 0 Å². The fourth-order valence-electron chi connectivity index (χ4n) is 3.86. The van der Waals surface area contributed by atoms with E-state index in [-0.39, 0.29) is 17.2 Å². The predicted molar refractivity (Wildman–Crippen MR) is 133 cm³/mol. The summed E-state index contributed by atoms with van der Waals surface area (Å²) in [6.45, 7) is 1.59. The molecule has 3 aromatic rings. The second-order valence-corrected chi connectivity index (χ2v) is 12.3. The van der Waals surface area contributed by atoms with Crippen molar-refractivity contribution in [1.82, 2.24) is 5.32 Å². The number of amides is 1. The fraction of sp³-hybridized carbons (Fsp3) is 0.240. The monoisotopic (exact) mass is 514 g/mol. The summed E-state index contributed by atoms with van der Waals surface area (Å²) >= 11 is 0. The third-order valence-corrected chi connectivity index (χ3v) is 8.57. The molecule has 0 aliphatic carbocycles. The molecule has 184 valence electrons. The number of anilines is 1. The van der Waals surface area contributed by atoms with Gasteiger partial charge >= 0.3 is 0 Å². The van der Waals surface area contributed by atoms with Gasteiger partial charge in [-0.1, -0.05) is 54.6 Å². The van der Waals surface area contributed by atoms with Gasteiger partial charge in [0.05, 0.1) is 28.9 Å². The molecule has 2 atom stereocenters. The lowest BCUT2D eigenvalue weighted by molar-refractivity contribution is -0.128. The maximum atomic E-state index is 13.3. The van der Waals surface area contributed by atoms with Crippen LogP contribution in [-0.2, 0) is 30.4 Å². The summed E-state index contributed by atoms with van der Waals surface area (Å²) in [7, 11) is -7.13. The number of carbonyl (C=O) groups is 1. The van der Waals surface area contributed by atoms with Crippen molar-refractivity contribution < 1.29 is 26.4 Å². The minimum atomic E-state index is -3.80. The highest BCUT2D eigenvalue weighted by molar-refractivity contribution is 7.92. The van der Waals surface area contributed by atoms with Crippen molar-refractivity contribution in [1.29, 1.82) is 0 Å². The SMILES string of the molecule is C[C@@H](NC(=O)[C@H]1CN(S(=O)(=O)Cc2ccccc2)c2ccccc2O1)c1ccc(S(C)(=O)=O)cc1. The van der Waals surface area contributed by atoms with Gasteiger partial charge in [0.2, 0.25) is 10.0 Å². The Bertz CT molecular complexity index is 1420. The van der Waals surface area contributed by atoms with E-state index >= 15 is 0 Å². The number of fused-ring (bicyclic) bond motifs is 1. The summed E-state index contributed by atoms with van der Waals surface area (Å²) < 4.78 is 57.1. The largest absolute Gasteiger partial charge is 0.476 e. The molecule has 1 amide bonds. The third-order valence-electron chi connectivity index (χ3n) is 5.72. The molecule has 1 aliphatic rings. The molecule has 0 saturated heterocycles. The van der Waals surface area contributed by atoms with Gasteiger partial charge < -0.3 is 10.1 Å². The van der Waals surface area contributed by atoms with E-state index in [9.17, 15) is 21.6 Å². The number of hydrogen-bond donors (Lipinski definition) is 1. The molecule has 0 bridgehead atoms. The number of benzene rings is 3. The first-order valence-corrected chi connectivity index (χ1v) is 14.4. The summed E-state index contributed by atoms with van der Waals surface area (Å²) in [6, 6.07) is 21.4. The zero-order valence-corrected chi connectivity index (χ0v) is 20.9. The van der Waals surface area contributed by atoms with Crippen molar-refractivity contribution in [3.05, 3.63) is 90.0 Å². The molecule has 35 heavy (non-hydrogen) atoms. The number of para-hydroxylation sites is 2. The first-order chi connectivity index (χ1) is 16.5. The van der Waals surface area contributed by atoms with Crippen LogP contribution in [0, 0.1) is 0 Å². The van der Waals surface area contributed by atoms with Crippen LogP contribution >= 0.6 is 0 Å². The molecule has 0 aromatic heterocycles. The number of ether oxygens (including phenoxy) is 1. The summed E-state index contributed by atoms with van der Waals surface area (Å²) in [5.41, 5.74) is 1.73. The molecule has 3 aromatic carbocycles. The molecule has 0 saturated carbocycles. The van der Waals surface area contributed by atoms with Crippen LogP contribution in [0.5, 0.6) is 5.75 Å². The Balaban J connectivity index is 1.54. The minimum absolute atomic E-state index is 0.169. The lowest BCUT2D eigenvalue weighted by Gasteiger charge is -2.35. The molecule has 8 nitrogen and oxygen atoms in total. The molecule has 0 radical (unpaired) electrons. The van der Waals surface area contributed by atoms with E-state index < -0.39 is 37.9 Å². The third kappa shape index (κ3) is 5.66. The number of nitrogens with zero attached hydrogens (tertiary/aromatic N) is 1. The predicted octanol–water partition coefficient (Wildman–Crippen LogP) is 3.06. The topological polar surface area (TPSA) is 110 Å². The van der Waals surface area contributed by atoms with Crippen LogP contribution in [0.25, 0.3) is 0 Å². The molecular weight excluding hydrogens is 488 g/mol. The summed E-state index contributed by atoms with van der Waals surface area (Å²) in [4.78, 5) is 13.3. The molecule has 0 spiro atoms. The van der Waals surface area contributed by atoms with Crippen molar-refractivity contribution in [2.45, 2.75) is 29.7 Å². The normalized spacial score (nSPS) is 16.6. The van der Waals surface area contributed by atoms with E-state index in [1.54, 1.807) is 67.6 Å². The zero-order valence-electron chi connectivity index (χ0n) is 19.3. The van der Waals surface area contributed by atoms with Crippen LogP contribution in [-0.4, -0.2) is 41.6 Å². The Morgan fingerprint density at radius 1 is 0.971 bits per heavy atom. The molecule has 1 heterocycles. The van der Waals surface area contributed by atoms with Gasteiger partial charge in [-0.2, -0.15) is 0 Å². The van der Waals surface area contributed by atoms with Crippen molar-refractivity contribution >= 4 is 31.5 Å². The second kappa shape index (κ2) is 9.71. The van der Waals surface area contributed by atoms with Gasteiger partial charge in [0.25, 0.3) is 5.91 Å². The van der Waals surface area contributed by atoms with Gasteiger partial charge in [-0.15, -0.1) is 0 Å². The van der Waals surface area contributed by atoms with E-state index in [1.807, 2.05) is 6.07 Å². The van der Waals surface area contributed by atoms with Gasteiger partial charge in [0.15, 0.2) is 15.9 Å². The molecule has 10 heteroatoms. The Kier molecular flexibility index (Phi) is 6.86. The van der Waals surface area contributed by atoms with Crippen LogP contribution in [0.1, 0.15) is 24.1 Å². The molecular formula is C25H26N2O6S2. The average Bonchev–Trinajstić information content (AvgIpc) is 2.83. The van der Waals surface area contributed by atoms with Crippen LogP contribution in [0.15, 0.2) is 83.8 Å². The van der Waals surface area contributed by atoms with E-state index in [2.05, 4.69) is 5.32 Å². The van der Waals surface area contributed by atoms with E-state index in [1.165, 1.54) is 16.4 Å². The van der Waals surface area contributed by atoms with Gasteiger partial charge in [-0.25, -0.2) is 16.8 Å². The number of rotatable bonds is 7. The maximum absolute atomic E-state index is 13.3. The van der Waals surface area contributed by atoms with Crippen molar-refractivity contribution in [3.8, 4) is 5.75 Å². The van der Waals surface area contributed by atoms with Gasteiger partial charge in [-0.05, 0) is 42.3 Å². The molecule has 0 fully saturated rings. The van der Waals surface area contributed by atoms with Crippen molar-refractivity contribution in [2.75, 3.05) is 17.1 Å².